The highest BCUT2D eigenvalue weighted by Crippen LogP contribution is 2.26. The number of methoxy groups -OCH3 is 1. The summed E-state index contributed by atoms with van der Waals surface area (Å²) < 4.78 is 5.09. The molecule has 0 atom stereocenters. The van der Waals surface area contributed by atoms with Crippen LogP contribution >= 0.6 is 0 Å². The number of hydrogen-bond acceptors (Lipinski definition) is 21. The largest absolute Gasteiger partial charge is 0.497 e. The Morgan fingerprint density at radius 3 is 0.975 bits per heavy atom. The number of nitrogens with one attached hydrogen (secondary N) is 12. The second-order valence-corrected chi connectivity index (χ2v) is 27.2. The van der Waals surface area contributed by atoms with Crippen LogP contribution in [0.1, 0.15) is 97.6 Å². The van der Waals surface area contributed by atoms with Crippen LogP contribution in [-0.4, -0.2) is 111 Å². The summed E-state index contributed by atoms with van der Waals surface area (Å²) in [5.41, 5.74) is 11.5. The quantitative estimate of drug-likeness (QED) is 0.0427. The second-order valence-electron chi connectivity index (χ2n) is 27.2. The number of aryl methyl sites for hydroxylation is 8. The maximum atomic E-state index is 12.3. The molecule has 0 aliphatic rings. The first-order valence-corrected chi connectivity index (χ1v) is 37.2. The highest BCUT2D eigenvalue weighted by molar-refractivity contribution is 6.06. The highest BCUT2D eigenvalue weighted by atomic mass is 16.5. The van der Waals surface area contributed by atoms with Crippen molar-refractivity contribution in [1.29, 1.82) is 0 Å². The standard InChI is InChI=1S/2C18H16N4O3.2C18H16N4O2.C17H14N4O3/c1-10-6-14(21-15(23)7-10)18(25)20-13-5-3-4-12(9-13)17-19-11(2)8-16(24)22-17;1-11-8-16(23)22-17(20-11)12-4-3-5-13(9-12)21-18(24)15-10-14(25-2)6-7-19-15;1-11-6-7-15(19-10-11)18(24)21-14-5-3-4-13(9-14)17-20-12(2)8-16(23)22-17;1-11-6-7-19-15(8-11)18(24)21-14-5-3-4-13(10-14)17-20-12(2)9-16(23)22-17;1-10-7-15(23)21-16(19-10)11-3-2-4-12(8-11)20-17(24)14-9-13(22)5-6-18-14/h3-9H,1-2H3,(H,20,25)(H,21,23)(H,19,22,24);3-10H,1-2H3,(H,21,24)(H,20,22,23);2*3-10H,1-2H3,(H,21,24)(H,20,22,23);2-9H,1H3,(H,18,22)(H,20,24)(H,19,21,23). The number of pyridine rings is 5. The van der Waals surface area contributed by atoms with E-state index in [0.29, 0.717) is 137 Å². The third-order valence-electron chi connectivity index (χ3n) is 17.1. The normalized spacial score (nSPS) is 10.4. The number of anilines is 5. The molecule has 0 bridgehead atoms. The number of carbonyl (C=O) groups excluding carboxylic acids is 5. The molecule has 612 valence electrons. The minimum atomic E-state index is -0.435. The summed E-state index contributed by atoms with van der Waals surface area (Å²) in [5, 5.41) is 13.8. The monoisotopic (exact) mass is 1630 g/mol. The predicted molar refractivity (Wildman–Crippen MR) is 463 cm³/mol. The number of amides is 5. The van der Waals surface area contributed by atoms with Crippen LogP contribution in [0.15, 0.2) is 271 Å². The first kappa shape index (κ1) is 85.9. The van der Waals surface area contributed by atoms with Crippen molar-refractivity contribution in [2.45, 2.75) is 55.4 Å². The zero-order valence-corrected chi connectivity index (χ0v) is 66.9. The van der Waals surface area contributed by atoms with Gasteiger partial charge in [-0.1, -0.05) is 66.7 Å². The fourth-order valence-corrected chi connectivity index (χ4v) is 11.6. The van der Waals surface area contributed by atoms with Crippen molar-refractivity contribution in [1.82, 2.24) is 74.8 Å². The average molecular weight is 1640 g/mol. The molecule has 5 amide bonds. The number of aromatic nitrogens is 15. The lowest BCUT2D eigenvalue weighted by molar-refractivity contribution is 0.101. The van der Waals surface area contributed by atoms with Gasteiger partial charge >= 0.3 is 0 Å². The summed E-state index contributed by atoms with van der Waals surface area (Å²) in [6.07, 6.45) is 6.16. The number of rotatable bonds is 16. The first-order chi connectivity index (χ1) is 58.5. The Balaban J connectivity index is 0.000000149. The molecule has 10 aromatic heterocycles. The number of ether oxygens (including phenoxy) is 1. The second kappa shape index (κ2) is 40.0. The molecule has 122 heavy (non-hydrogen) atoms. The lowest BCUT2D eigenvalue weighted by Gasteiger charge is -2.08. The molecule has 0 saturated heterocycles. The zero-order valence-electron chi connectivity index (χ0n) is 66.9. The van der Waals surface area contributed by atoms with E-state index >= 15 is 0 Å². The lowest BCUT2D eigenvalue weighted by Crippen LogP contribution is -2.18. The molecule has 0 saturated carbocycles. The van der Waals surface area contributed by atoms with E-state index in [1.807, 2.05) is 38.1 Å². The maximum absolute atomic E-state index is 12.3. The third-order valence-corrected chi connectivity index (χ3v) is 17.1. The van der Waals surface area contributed by atoms with Crippen LogP contribution < -0.4 is 70.1 Å². The minimum absolute atomic E-state index is 0.162. The number of hydrogen-bond donors (Lipinski definition) is 12. The van der Waals surface area contributed by atoms with Gasteiger partial charge in [-0.2, -0.15) is 0 Å². The van der Waals surface area contributed by atoms with Crippen molar-refractivity contribution >= 4 is 58.0 Å². The first-order valence-electron chi connectivity index (χ1n) is 37.2. The van der Waals surface area contributed by atoms with E-state index in [-0.39, 0.29) is 73.6 Å². The van der Waals surface area contributed by atoms with Crippen LogP contribution in [0.4, 0.5) is 28.4 Å². The van der Waals surface area contributed by atoms with Gasteiger partial charge in [0.05, 0.1) is 7.11 Å². The molecule has 10 heterocycles. The van der Waals surface area contributed by atoms with Gasteiger partial charge in [0.25, 0.3) is 57.3 Å². The molecular weight excluding hydrogens is 1560 g/mol. The molecule has 12 N–H and O–H groups in total. The SMILES string of the molecule is COc1ccnc(C(=O)Nc2cccc(-c3nc(C)cc(=O)[nH]3)c2)c1.Cc1cc(=O)[nH]c(-c2cccc(NC(=O)c3cc(=O)cc[nH]3)c2)n1.Cc1cc(C(=O)Nc2cccc(-c3nc(C)cc(=O)[nH]3)c2)[nH]c(=O)c1.Cc1ccc(C(=O)Nc2cccc(-c3nc(C)cc(=O)[nH]3)c2)nc1.Cc1ccnc(C(=O)Nc2cccc(-c3nc(C)cc(=O)[nH]3)c2)c1. The van der Waals surface area contributed by atoms with E-state index in [1.54, 1.807) is 193 Å². The lowest BCUT2D eigenvalue weighted by atomic mass is 10.1. The number of nitrogens with zero attached hydrogens (tertiary/aromatic N) is 8. The van der Waals surface area contributed by atoms with Crippen LogP contribution in [-0.2, 0) is 0 Å². The Bertz CT molecular complexity index is 6870. The molecule has 0 fully saturated rings. The van der Waals surface area contributed by atoms with E-state index in [9.17, 15) is 57.5 Å². The predicted octanol–water partition coefficient (Wildman–Crippen LogP) is 11.5. The smallest absolute Gasteiger partial charge is 0.274 e. The molecule has 0 radical (unpaired) electrons. The van der Waals surface area contributed by atoms with E-state index in [1.165, 1.54) is 68.0 Å². The van der Waals surface area contributed by atoms with Gasteiger partial charge in [0.2, 0.25) is 5.56 Å². The molecule has 0 spiro atoms. The van der Waals surface area contributed by atoms with Gasteiger partial charge in [-0.05, 0) is 163 Å². The van der Waals surface area contributed by atoms with Crippen molar-refractivity contribution < 1.29 is 28.7 Å². The molecule has 33 nitrogen and oxygen atoms in total. The van der Waals surface area contributed by atoms with Crippen LogP contribution in [0.25, 0.3) is 56.9 Å². The zero-order chi connectivity index (χ0) is 87.1. The molecule has 0 aliphatic carbocycles. The topological polar surface area (TPSA) is 488 Å². The van der Waals surface area contributed by atoms with E-state index in [0.717, 1.165) is 11.1 Å². The van der Waals surface area contributed by atoms with Crippen LogP contribution in [0, 0.1) is 55.4 Å². The number of carbonyl (C=O) groups is 5. The summed E-state index contributed by atoms with van der Waals surface area (Å²) >= 11 is 0. The maximum Gasteiger partial charge on any atom is 0.274 e. The van der Waals surface area contributed by atoms with Gasteiger partial charge in [-0.15, -0.1) is 0 Å². The molecule has 15 aromatic rings. The summed E-state index contributed by atoms with van der Waals surface area (Å²) in [6, 6.07) is 58.1. The van der Waals surface area contributed by atoms with Gasteiger partial charge in [-0.3, -0.25) is 72.5 Å². The molecule has 5 aromatic carbocycles. The highest BCUT2D eigenvalue weighted by Gasteiger charge is 2.17. The summed E-state index contributed by atoms with van der Waals surface area (Å²) in [4.78, 5) is 194. The summed E-state index contributed by atoms with van der Waals surface area (Å²) in [6.45, 7) is 14.3. The Morgan fingerprint density at radius 2 is 0.639 bits per heavy atom. The van der Waals surface area contributed by atoms with Crippen LogP contribution in [0.2, 0.25) is 0 Å². The molecule has 0 aliphatic heterocycles. The molecular formula is C89H78N20O13. The Kier molecular flexibility index (Phi) is 28.2. The number of aromatic amines is 7. The molecule has 0 unspecified atom stereocenters. The van der Waals surface area contributed by atoms with Crippen LogP contribution in [0.3, 0.4) is 0 Å². The van der Waals surface area contributed by atoms with E-state index in [4.69, 9.17) is 4.74 Å². The molecule has 15 rings (SSSR count). The van der Waals surface area contributed by atoms with Crippen molar-refractivity contribution in [3.8, 4) is 62.7 Å². The summed E-state index contributed by atoms with van der Waals surface area (Å²) in [5.74, 6) is 0.958. The van der Waals surface area contributed by atoms with Crippen molar-refractivity contribution in [3.63, 3.8) is 0 Å². The van der Waals surface area contributed by atoms with Crippen molar-refractivity contribution in [2.75, 3.05) is 33.7 Å². The Hall–Kier alpha value is -17.0. The van der Waals surface area contributed by atoms with E-state index in [2.05, 4.69) is 101 Å². The van der Waals surface area contributed by atoms with Crippen molar-refractivity contribution in [2.24, 2.45) is 0 Å². The fourth-order valence-electron chi connectivity index (χ4n) is 11.6. The number of H-pyrrole nitrogens is 7. The fraction of sp³-hybridized carbons (Fsp3) is 0.101. The van der Waals surface area contributed by atoms with Gasteiger partial charge < -0.3 is 66.2 Å². The third kappa shape index (κ3) is 25.0. The minimum Gasteiger partial charge on any atom is -0.497 e. The van der Waals surface area contributed by atoms with Crippen molar-refractivity contribution in [3.05, 3.63) is 383 Å². The number of benzene rings is 5. The molecule has 33 heteroatoms. The van der Waals surface area contributed by atoms with Gasteiger partial charge in [0, 0.05) is 164 Å². The Labute approximate surface area is 692 Å². The van der Waals surface area contributed by atoms with Gasteiger partial charge in [-0.25, -0.2) is 24.9 Å². The van der Waals surface area contributed by atoms with E-state index < -0.39 is 11.8 Å². The summed E-state index contributed by atoms with van der Waals surface area (Å²) in [7, 11) is 1.52. The average Bonchev–Trinajstić information content (AvgIpc) is 0.842. The van der Waals surface area contributed by atoms with Crippen LogP contribution in [0.5, 0.6) is 5.75 Å². The van der Waals surface area contributed by atoms with Gasteiger partial charge in [0.1, 0.15) is 63.3 Å². The Morgan fingerprint density at radius 1 is 0.295 bits per heavy atom. The van der Waals surface area contributed by atoms with Gasteiger partial charge in [0.15, 0.2) is 5.43 Å².